The van der Waals surface area contributed by atoms with Gasteiger partial charge in [-0.3, -0.25) is 0 Å². The molecule has 0 aliphatic rings. The lowest BCUT2D eigenvalue weighted by Gasteiger charge is -2.09. The van der Waals surface area contributed by atoms with Crippen LogP contribution in [0.1, 0.15) is 11.7 Å². The lowest BCUT2D eigenvalue weighted by Crippen LogP contribution is -2.15. The van der Waals surface area contributed by atoms with E-state index < -0.39 is 12.0 Å². The zero-order valence-electron chi connectivity index (χ0n) is 12.9. The average molecular weight is 343 g/mol. The van der Waals surface area contributed by atoms with E-state index in [2.05, 4.69) is 9.97 Å². The summed E-state index contributed by atoms with van der Waals surface area (Å²) in [6.07, 6.45) is -3.05. The Balaban J connectivity index is 1.75. The summed E-state index contributed by atoms with van der Waals surface area (Å²) in [5.41, 5.74) is 1.48. The highest BCUT2D eigenvalue weighted by Gasteiger charge is 2.37. The second-order valence-corrected chi connectivity index (χ2v) is 5.49. The molecular formula is C18H12F3N3O. The molecule has 0 fully saturated rings. The van der Waals surface area contributed by atoms with Crippen LogP contribution in [0.5, 0.6) is 0 Å². The SMILES string of the molecule is FC(F)(F)c1nc2ccccc2n1Cc1ncc(-c2ccccc2)o1. The van der Waals surface area contributed by atoms with Crippen LogP contribution in [-0.2, 0) is 12.7 Å². The summed E-state index contributed by atoms with van der Waals surface area (Å²) >= 11 is 0. The summed E-state index contributed by atoms with van der Waals surface area (Å²) in [4.78, 5) is 7.83. The molecule has 0 unspecified atom stereocenters. The van der Waals surface area contributed by atoms with Gasteiger partial charge in [0, 0.05) is 5.56 Å². The third-order valence-corrected chi connectivity index (χ3v) is 3.81. The Hall–Kier alpha value is -3.09. The number of hydrogen-bond acceptors (Lipinski definition) is 3. The number of hydrogen-bond donors (Lipinski definition) is 0. The Bertz CT molecular complexity index is 1020. The lowest BCUT2D eigenvalue weighted by atomic mass is 10.2. The van der Waals surface area contributed by atoms with Crippen molar-refractivity contribution in [3.05, 3.63) is 72.5 Å². The number of fused-ring (bicyclic) bond motifs is 1. The fourth-order valence-electron chi connectivity index (χ4n) is 2.71. The average Bonchev–Trinajstić information content (AvgIpc) is 3.21. The molecule has 126 valence electrons. The van der Waals surface area contributed by atoms with Gasteiger partial charge in [0.25, 0.3) is 0 Å². The molecule has 0 saturated carbocycles. The van der Waals surface area contributed by atoms with Gasteiger partial charge in [0.1, 0.15) is 6.54 Å². The van der Waals surface area contributed by atoms with E-state index in [9.17, 15) is 13.2 Å². The molecule has 4 rings (SSSR count). The molecule has 0 radical (unpaired) electrons. The van der Waals surface area contributed by atoms with Crippen LogP contribution in [-0.4, -0.2) is 14.5 Å². The highest BCUT2D eigenvalue weighted by Crippen LogP contribution is 2.32. The van der Waals surface area contributed by atoms with E-state index in [4.69, 9.17) is 4.42 Å². The molecule has 0 atom stereocenters. The van der Waals surface area contributed by atoms with Crippen molar-refractivity contribution in [2.45, 2.75) is 12.7 Å². The topological polar surface area (TPSA) is 43.9 Å². The van der Waals surface area contributed by atoms with E-state index in [-0.39, 0.29) is 18.0 Å². The first-order valence-electron chi connectivity index (χ1n) is 7.55. The molecule has 0 amide bonds. The highest BCUT2D eigenvalue weighted by atomic mass is 19.4. The first-order valence-corrected chi connectivity index (χ1v) is 7.55. The second kappa shape index (κ2) is 5.77. The number of alkyl halides is 3. The summed E-state index contributed by atoms with van der Waals surface area (Å²) in [6.45, 7) is -0.151. The number of nitrogens with zero attached hydrogens (tertiary/aromatic N) is 3. The van der Waals surface area contributed by atoms with E-state index >= 15 is 0 Å². The third kappa shape index (κ3) is 2.88. The van der Waals surface area contributed by atoms with Crippen LogP contribution in [0.4, 0.5) is 13.2 Å². The van der Waals surface area contributed by atoms with Gasteiger partial charge in [0.15, 0.2) is 5.76 Å². The van der Waals surface area contributed by atoms with Crippen LogP contribution in [0.3, 0.4) is 0 Å². The van der Waals surface area contributed by atoms with Gasteiger partial charge in [-0.15, -0.1) is 0 Å². The molecule has 0 bridgehead atoms. The Morgan fingerprint density at radius 1 is 0.960 bits per heavy atom. The predicted octanol–water partition coefficient (Wildman–Crippen LogP) is 4.76. The zero-order chi connectivity index (χ0) is 17.4. The number of benzene rings is 2. The zero-order valence-corrected chi connectivity index (χ0v) is 12.9. The van der Waals surface area contributed by atoms with E-state index in [1.807, 2.05) is 30.3 Å². The molecule has 7 heteroatoms. The van der Waals surface area contributed by atoms with Crippen LogP contribution >= 0.6 is 0 Å². The Kier molecular flexibility index (Phi) is 3.56. The molecule has 2 aromatic heterocycles. The minimum absolute atomic E-state index is 0.151. The van der Waals surface area contributed by atoms with Crippen LogP contribution in [0.2, 0.25) is 0 Å². The maximum atomic E-state index is 13.3. The van der Waals surface area contributed by atoms with Crippen molar-refractivity contribution in [3.8, 4) is 11.3 Å². The number of imidazole rings is 1. The van der Waals surface area contributed by atoms with Crippen LogP contribution in [0.25, 0.3) is 22.4 Å². The first kappa shape index (κ1) is 15.4. The van der Waals surface area contributed by atoms with Gasteiger partial charge in [-0.05, 0) is 12.1 Å². The van der Waals surface area contributed by atoms with E-state index in [0.717, 1.165) is 10.1 Å². The lowest BCUT2D eigenvalue weighted by molar-refractivity contribution is -0.146. The van der Waals surface area contributed by atoms with Gasteiger partial charge < -0.3 is 8.98 Å². The summed E-state index contributed by atoms with van der Waals surface area (Å²) in [5.74, 6) is -0.269. The molecule has 0 spiro atoms. The number of oxazole rings is 1. The standard InChI is InChI=1S/C18H12F3N3O/c19-18(20,21)17-23-13-8-4-5-9-14(13)24(17)11-16-22-10-15(25-16)12-6-2-1-3-7-12/h1-10H,11H2. The van der Waals surface area contributed by atoms with Crippen molar-refractivity contribution < 1.29 is 17.6 Å². The van der Waals surface area contributed by atoms with Gasteiger partial charge in [-0.2, -0.15) is 13.2 Å². The molecule has 4 aromatic rings. The summed E-state index contributed by atoms with van der Waals surface area (Å²) in [5, 5.41) is 0. The van der Waals surface area contributed by atoms with E-state index in [1.54, 1.807) is 24.3 Å². The second-order valence-electron chi connectivity index (χ2n) is 5.49. The van der Waals surface area contributed by atoms with Crippen molar-refractivity contribution in [2.24, 2.45) is 0 Å². The minimum atomic E-state index is -4.56. The smallest absolute Gasteiger partial charge is 0.439 e. The van der Waals surface area contributed by atoms with Crippen molar-refractivity contribution in [1.29, 1.82) is 0 Å². The predicted molar refractivity (Wildman–Crippen MR) is 85.8 cm³/mol. The monoisotopic (exact) mass is 343 g/mol. The molecule has 0 aliphatic carbocycles. The van der Waals surface area contributed by atoms with Crippen molar-refractivity contribution in [2.75, 3.05) is 0 Å². The third-order valence-electron chi connectivity index (χ3n) is 3.81. The van der Waals surface area contributed by atoms with Crippen molar-refractivity contribution in [3.63, 3.8) is 0 Å². The number of para-hydroxylation sites is 2. The summed E-state index contributed by atoms with van der Waals surface area (Å²) < 4.78 is 46.7. The number of rotatable bonds is 3. The molecule has 2 aromatic carbocycles. The van der Waals surface area contributed by atoms with Gasteiger partial charge in [-0.1, -0.05) is 42.5 Å². The van der Waals surface area contributed by atoms with Gasteiger partial charge in [0.2, 0.25) is 11.7 Å². The quantitative estimate of drug-likeness (QED) is 0.539. The fraction of sp³-hybridized carbons (Fsp3) is 0.111. The van der Waals surface area contributed by atoms with Crippen LogP contribution < -0.4 is 0 Å². The molecule has 4 nitrogen and oxygen atoms in total. The van der Waals surface area contributed by atoms with E-state index in [1.165, 1.54) is 6.20 Å². The number of halogens is 3. The van der Waals surface area contributed by atoms with Gasteiger partial charge >= 0.3 is 6.18 Å². The highest BCUT2D eigenvalue weighted by molar-refractivity contribution is 5.76. The molecule has 0 aliphatic heterocycles. The maximum Gasteiger partial charge on any atom is 0.449 e. The van der Waals surface area contributed by atoms with Crippen LogP contribution in [0, 0.1) is 0 Å². The molecule has 0 saturated heterocycles. The first-order chi connectivity index (χ1) is 12.0. The Morgan fingerprint density at radius 3 is 2.44 bits per heavy atom. The maximum absolute atomic E-state index is 13.3. The Labute approximate surface area is 140 Å². The molecule has 0 N–H and O–H groups in total. The largest absolute Gasteiger partial charge is 0.449 e. The van der Waals surface area contributed by atoms with Gasteiger partial charge in [0.05, 0.1) is 17.2 Å². The molecule has 25 heavy (non-hydrogen) atoms. The van der Waals surface area contributed by atoms with E-state index in [0.29, 0.717) is 11.3 Å². The van der Waals surface area contributed by atoms with Crippen molar-refractivity contribution >= 4 is 11.0 Å². The van der Waals surface area contributed by atoms with Crippen LogP contribution in [0.15, 0.2) is 65.2 Å². The molecule has 2 heterocycles. The molecular weight excluding hydrogens is 331 g/mol. The van der Waals surface area contributed by atoms with Gasteiger partial charge in [-0.25, -0.2) is 9.97 Å². The minimum Gasteiger partial charge on any atom is -0.439 e. The Morgan fingerprint density at radius 2 is 1.68 bits per heavy atom. The summed E-state index contributed by atoms with van der Waals surface area (Å²) in [7, 11) is 0. The number of aromatic nitrogens is 3. The van der Waals surface area contributed by atoms with Crippen molar-refractivity contribution in [1.82, 2.24) is 14.5 Å². The fourth-order valence-corrected chi connectivity index (χ4v) is 2.71. The normalized spacial score (nSPS) is 12.0. The summed E-state index contributed by atoms with van der Waals surface area (Å²) in [6, 6.07) is 15.7.